The SMILES string of the molecule is COc1ccc(C(=O)Cc2ccc(-c3ccccc3)cc2)cc1C(=O)Nc1cccnc1. The number of hydrogen-bond acceptors (Lipinski definition) is 4. The number of nitrogens with zero attached hydrogens (tertiary/aromatic N) is 1. The van der Waals surface area contributed by atoms with Crippen molar-refractivity contribution in [2.24, 2.45) is 0 Å². The zero-order chi connectivity index (χ0) is 22.3. The van der Waals surface area contributed by atoms with E-state index in [9.17, 15) is 9.59 Å². The fraction of sp³-hybridized carbons (Fsp3) is 0.0741. The Hall–Kier alpha value is -4.25. The summed E-state index contributed by atoms with van der Waals surface area (Å²) in [5.41, 5.74) is 4.45. The van der Waals surface area contributed by atoms with Crippen molar-refractivity contribution < 1.29 is 14.3 Å². The van der Waals surface area contributed by atoms with Gasteiger partial charge in [0, 0.05) is 18.2 Å². The average molecular weight is 422 g/mol. The molecule has 1 aromatic heterocycles. The van der Waals surface area contributed by atoms with Crippen molar-refractivity contribution in [2.75, 3.05) is 12.4 Å². The van der Waals surface area contributed by atoms with Crippen molar-refractivity contribution in [3.05, 3.63) is 114 Å². The molecular weight excluding hydrogens is 400 g/mol. The Morgan fingerprint density at radius 2 is 1.62 bits per heavy atom. The predicted molar refractivity (Wildman–Crippen MR) is 125 cm³/mol. The Balaban J connectivity index is 1.51. The number of rotatable bonds is 7. The van der Waals surface area contributed by atoms with Gasteiger partial charge in [0.05, 0.1) is 24.6 Å². The first-order valence-electron chi connectivity index (χ1n) is 10.2. The first-order valence-corrected chi connectivity index (χ1v) is 10.2. The fourth-order valence-electron chi connectivity index (χ4n) is 3.43. The fourth-order valence-corrected chi connectivity index (χ4v) is 3.43. The van der Waals surface area contributed by atoms with Crippen LogP contribution in [0.4, 0.5) is 5.69 Å². The van der Waals surface area contributed by atoms with Crippen LogP contribution in [0.15, 0.2) is 97.3 Å². The van der Waals surface area contributed by atoms with Gasteiger partial charge in [-0.3, -0.25) is 14.6 Å². The van der Waals surface area contributed by atoms with Crippen LogP contribution in [0, 0.1) is 0 Å². The topological polar surface area (TPSA) is 68.3 Å². The Labute approximate surface area is 186 Å². The highest BCUT2D eigenvalue weighted by atomic mass is 16.5. The number of carbonyl (C=O) groups is 2. The van der Waals surface area contributed by atoms with Crippen molar-refractivity contribution in [1.82, 2.24) is 4.98 Å². The third-order valence-corrected chi connectivity index (χ3v) is 5.11. The van der Waals surface area contributed by atoms with Gasteiger partial charge in [-0.05, 0) is 47.0 Å². The summed E-state index contributed by atoms with van der Waals surface area (Å²) in [5.74, 6) is -0.0394. The minimum atomic E-state index is -0.364. The summed E-state index contributed by atoms with van der Waals surface area (Å²) in [4.78, 5) is 29.7. The molecule has 1 N–H and O–H groups in total. The molecule has 0 aliphatic carbocycles. The molecule has 32 heavy (non-hydrogen) atoms. The van der Waals surface area contributed by atoms with E-state index in [4.69, 9.17) is 4.74 Å². The van der Waals surface area contributed by atoms with Gasteiger partial charge in [-0.1, -0.05) is 54.6 Å². The van der Waals surface area contributed by atoms with Crippen LogP contribution in [-0.4, -0.2) is 23.8 Å². The molecular formula is C27H22N2O3. The van der Waals surface area contributed by atoms with Gasteiger partial charge in [0.2, 0.25) is 0 Å². The Morgan fingerprint density at radius 1 is 0.875 bits per heavy atom. The minimum Gasteiger partial charge on any atom is -0.496 e. The third-order valence-electron chi connectivity index (χ3n) is 5.11. The van der Waals surface area contributed by atoms with Gasteiger partial charge in [0.1, 0.15) is 5.75 Å². The lowest BCUT2D eigenvalue weighted by molar-refractivity contribution is 0.0993. The average Bonchev–Trinajstić information content (AvgIpc) is 2.85. The van der Waals surface area contributed by atoms with Gasteiger partial charge in [-0.15, -0.1) is 0 Å². The van der Waals surface area contributed by atoms with Crippen LogP contribution in [0.1, 0.15) is 26.3 Å². The van der Waals surface area contributed by atoms with Crippen LogP contribution in [0.25, 0.3) is 11.1 Å². The molecule has 0 aliphatic heterocycles. The normalized spacial score (nSPS) is 10.4. The lowest BCUT2D eigenvalue weighted by Crippen LogP contribution is -2.15. The van der Waals surface area contributed by atoms with E-state index in [-0.39, 0.29) is 18.1 Å². The van der Waals surface area contributed by atoms with Crippen molar-refractivity contribution >= 4 is 17.4 Å². The zero-order valence-corrected chi connectivity index (χ0v) is 17.6. The number of methoxy groups -OCH3 is 1. The van der Waals surface area contributed by atoms with Crippen LogP contribution in [0.5, 0.6) is 5.75 Å². The van der Waals surface area contributed by atoms with Crippen LogP contribution < -0.4 is 10.1 Å². The lowest BCUT2D eigenvalue weighted by Gasteiger charge is -2.11. The number of pyridine rings is 1. The van der Waals surface area contributed by atoms with E-state index in [0.717, 1.165) is 16.7 Å². The van der Waals surface area contributed by atoms with Gasteiger partial charge >= 0.3 is 0 Å². The molecule has 3 aromatic carbocycles. The number of Topliss-reactive ketones (excluding diaryl/α,β-unsaturated/α-hetero) is 1. The van der Waals surface area contributed by atoms with Crippen molar-refractivity contribution in [3.63, 3.8) is 0 Å². The zero-order valence-electron chi connectivity index (χ0n) is 17.6. The summed E-state index contributed by atoms with van der Waals surface area (Å²) in [6, 6.07) is 26.4. The molecule has 158 valence electrons. The third kappa shape index (κ3) is 4.90. The second kappa shape index (κ2) is 9.71. The second-order valence-corrected chi connectivity index (χ2v) is 7.27. The molecule has 5 heteroatoms. The molecule has 0 atom stereocenters. The van der Waals surface area contributed by atoms with Crippen LogP contribution in [0.3, 0.4) is 0 Å². The van der Waals surface area contributed by atoms with Crippen molar-refractivity contribution in [1.29, 1.82) is 0 Å². The molecule has 0 saturated carbocycles. The van der Waals surface area contributed by atoms with Crippen LogP contribution in [0.2, 0.25) is 0 Å². The summed E-state index contributed by atoms with van der Waals surface area (Å²) in [6.45, 7) is 0. The molecule has 0 spiro atoms. The molecule has 5 nitrogen and oxygen atoms in total. The van der Waals surface area contributed by atoms with Crippen LogP contribution in [-0.2, 0) is 6.42 Å². The van der Waals surface area contributed by atoms with E-state index in [1.54, 1.807) is 42.7 Å². The highest BCUT2D eigenvalue weighted by Crippen LogP contribution is 2.23. The van der Waals surface area contributed by atoms with E-state index in [1.807, 2.05) is 42.5 Å². The summed E-state index contributed by atoms with van der Waals surface area (Å²) in [6.07, 6.45) is 3.42. The smallest absolute Gasteiger partial charge is 0.259 e. The maximum Gasteiger partial charge on any atom is 0.259 e. The predicted octanol–water partition coefficient (Wildman–Crippen LogP) is 5.43. The first kappa shape index (κ1) is 21.0. The van der Waals surface area contributed by atoms with E-state index in [0.29, 0.717) is 22.6 Å². The molecule has 4 rings (SSSR count). The standard InChI is InChI=1S/C27H22N2O3/c1-32-26-14-13-22(17-24(26)27(31)29-23-8-5-15-28-18-23)25(30)16-19-9-11-21(12-10-19)20-6-3-2-4-7-20/h2-15,17-18H,16H2,1H3,(H,29,31). The minimum absolute atomic E-state index is 0.0736. The van der Waals surface area contributed by atoms with E-state index in [1.165, 1.54) is 7.11 Å². The number of ether oxygens (including phenoxy) is 1. The Morgan fingerprint density at radius 3 is 2.31 bits per heavy atom. The Bertz CT molecular complexity index is 1220. The largest absolute Gasteiger partial charge is 0.496 e. The Kier molecular flexibility index (Phi) is 6.37. The molecule has 0 aliphatic rings. The van der Waals surface area contributed by atoms with Gasteiger partial charge < -0.3 is 10.1 Å². The molecule has 0 unspecified atom stereocenters. The quantitative estimate of drug-likeness (QED) is 0.403. The maximum absolute atomic E-state index is 12.9. The van der Waals surface area contributed by atoms with Crippen molar-refractivity contribution in [2.45, 2.75) is 6.42 Å². The molecule has 1 amide bonds. The number of anilines is 1. The molecule has 0 saturated heterocycles. The van der Waals surface area contributed by atoms with Gasteiger partial charge in [-0.2, -0.15) is 0 Å². The number of benzene rings is 3. The monoisotopic (exact) mass is 422 g/mol. The second-order valence-electron chi connectivity index (χ2n) is 7.27. The summed E-state index contributed by atoms with van der Waals surface area (Å²) < 4.78 is 5.32. The lowest BCUT2D eigenvalue weighted by atomic mass is 9.98. The summed E-state index contributed by atoms with van der Waals surface area (Å²) >= 11 is 0. The maximum atomic E-state index is 12.9. The van der Waals surface area contributed by atoms with Gasteiger partial charge in [0.15, 0.2) is 5.78 Å². The van der Waals surface area contributed by atoms with E-state index in [2.05, 4.69) is 22.4 Å². The van der Waals surface area contributed by atoms with E-state index < -0.39 is 0 Å². The molecule has 0 bridgehead atoms. The molecule has 4 aromatic rings. The molecule has 0 radical (unpaired) electrons. The number of carbonyl (C=O) groups excluding carboxylic acids is 2. The molecule has 1 heterocycles. The number of amides is 1. The van der Waals surface area contributed by atoms with Gasteiger partial charge in [-0.25, -0.2) is 0 Å². The summed E-state index contributed by atoms with van der Waals surface area (Å²) in [5, 5.41) is 2.78. The molecule has 0 fully saturated rings. The van der Waals surface area contributed by atoms with Gasteiger partial charge in [0.25, 0.3) is 5.91 Å². The number of nitrogens with one attached hydrogen (secondary N) is 1. The highest BCUT2D eigenvalue weighted by molar-refractivity contribution is 6.08. The van der Waals surface area contributed by atoms with Crippen molar-refractivity contribution in [3.8, 4) is 16.9 Å². The number of aromatic nitrogens is 1. The van der Waals surface area contributed by atoms with Crippen LogP contribution >= 0.6 is 0 Å². The number of hydrogen-bond donors (Lipinski definition) is 1. The first-order chi connectivity index (χ1) is 15.6. The number of ketones is 1. The highest BCUT2D eigenvalue weighted by Gasteiger charge is 2.17. The van der Waals surface area contributed by atoms with E-state index >= 15 is 0 Å². The summed E-state index contributed by atoms with van der Waals surface area (Å²) in [7, 11) is 1.49.